The van der Waals surface area contributed by atoms with E-state index in [4.69, 9.17) is 0 Å². The second kappa shape index (κ2) is 4.95. The summed E-state index contributed by atoms with van der Waals surface area (Å²) in [5.41, 5.74) is 0. The lowest BCUT2D eigenvalue weighted by Crippen LogP contribution is -2.15. The van der Waals surface area contributed by atoms with Crippen molar-refractivity contribution in [3.8, 4) is 0 Å². The fourth-order valence-corrected chi connectivity index (χ4v) is 5.06. The van der Waals surface area contributed by atoms with E-state index in [1.165, 1.54) is 35.6 Å². The summed E-state index contributed by atoms with van der Waals surface area (Å²) in [6, 6.07) is 8.82. The highest BCUT2D eigenvalue weighted by atomic mass is 32.2. The fourth-order valence-electron chi connectivity index (χ4n) is 1.50. The van der Waals surface area contributed by atoms with Gasteiger partial charge in [0.1, 0.15) is 9.90 Å². The van der Waals surface area contributed by atoms with E-state index >= 15 is 0 Å². The van der Waals surface area contributed by atoms with Crippen molar-refractivity contribution in [1.82, 2.24) is 0 Å². The van der Waals surface area contributed by atoms with Gasteiger partial charge in [0.25, 0.3) is 10.0 Å². The number of sulfonamides is 1. The lowest BCUT2D eigenvalue weighted by molar-refractivity contribution is 0.588. The molecule has 0 aliphatic rings. The molecule has 1 aromatic carbocycles. The van der Waals surface area contributed by atoms with E-state index in [1.54, 1.807) is 17.5 Å². The molecule has 0 radical (unpaired) electrons. The average Bonchev–Trinajstić information content (AvgIpc) is 2.80. The van der Waals surface area contributed by atoms with Crippen LogP contribution < -0.4 is 4.72 Å². The predicted octanol–water partition coefficient (Wildman–Crippen LogP) is 1.95. The van der Waals surface area contributed by atoms with E-state index in [1.807, 2.05) is 0 Å². The molecule has 0 fully saturated rings. The summed E-state index contributed by atoms with van der Waals surface area (Å²) in [5, 5.41) is 2.16. The minimum Gasteiger partial charge on any atom is -0.270 e. The van der Waals surface area contributed by atoms with Crippen LogP contribution in [0.15, 0.2) is 51.6 Å². The van der Waals surface area contributed by atoms with E-state index in [0.29, 0.717) is 5.00 Å². The Morgan fingerprint density at radius 2 is 1.58 bits per heavy atom. The average molecular weight is 317 g/mol. The summed E-state index contributed by atoms with van der Waals surface area (Å²) in [6.07, 6.45) is 0.979. The quantitative estimate of drug-likeness (QED) is 0.934. The molecule has 1 heterocycles. The molecule has 0 aliphatic carbocycles. The van der Waals surface area contributed by atoms with Crippen molar-refractivity contribution in [2.24, 2.45) is 0 Å². The van der Waals surface area contributed by atoms with Gasteiger partial charge >= 0.3 is 0 Å². The third-order valence-electron chi connectivity index (χ3n) is 2.29. The first-order chi connectivity index (χ1) is 8.81. The van der Waals surface area contributed by atoms with Crippen LogP contribution in [0.1, 0.15) is 0 Å². The largest absolute Gasteiger partial charge is 0.270 e. The Morgan fingerprint density at radius 3 is 2.11 bits per heavy atom. The minimum absolute atomic E-state index is 0.209. The van der Waals surface area contributed by atoms with Crippen LogP contribution in [0.3, 0.4) is 0 Å². The smallest absolute Gasteiger partial charge is 0.263 e. The molecule has 0 bridgehead atoms. The van der Waals surface area contributed by atoms with Gasteiger partial charge in [-0.2, -0.15) is 0 Å². The maximum atomic E-state index is 12.2. The van der Waals surface area contributed by atoms with Gasteiger partial charge in [-0.3, -0.25) is 4.72 Å². The van der Waals surface area contributed by atoms with E-state index in [-0.39, 0.29) is 9.79 Å². The monoisotopic (exact) mass is 317 g/mol. The maximum Gasteiger partial charge on any atom is 0.263 e. The molecule has 0 aliphatic heterocycles. The summed E-state index contributed by atoms with van der Waals surface area (Å²) in [7, 11) is -7.53. The first-order valence-electron chi connectivity index (χ1n) is 5.16. The molecule has 0 saturated heterocycles. The van der Waals surface area contributed by atoms with Crippen LogP contribution in [0, 0.1) is 0 Å². The van der Waals surface area contributed by atoms with Gasteiger partial charge in [0.2, 0.25) is 0 Å². The van der Waals surface area contributed by atoms with Crippen molar-refractivity contribution in [3.63, 3.8) is 0 Å². The lowest BCUT2D eigenvalue weighted by Gasteiger charge is -2.09. The van der Waals surface area contributed by atoms with Crippen molar-refractivity contribution in [1.29, 1.82) is 0 Å². The maximum absolute atomic E-state index is 12.2. The summed E-state index contributed by atoms with van der Waals surface area (Å²) >= 11 is 1.22. The van der Waals surface area contributed by atoms with Gasteiger partial charge in [-0.1, -0.05) is 12.1 Å². The van der Waals surface area contributed by atoms with Crippen molar-refractivity contribution in [3.05, 3.63) is 41.8 Å². The molecule has 102 valence electrons. The second-order valence-electron chi connectivity index (χ2n) is 3.80. The zero-order valence-corrected chi connectivity index (χ0v) is 12.3. The molecule has 1 N–H and O–H groups in total. The first kappa shape index (κ1) is 14.0. The fraction of sp³-hybridized carbons (Fsp3) is 0.0909. The summed E-state index contributed by atoms with van der Waals surface area (Å²) in [5.74, 6) is 0. The molecule has 8 heteroatoms. The first-order valence-corrected chi connectivity index (χ1v) is 9.41. The van der Waals surface area contributed by atoms with Gasteiger partial charge in [0.15, 0.2) is 9.84 Å². The minimum atomic E-state index is -3.92. The van der Waals surface area contributed by atoms with Crippen molar-refractivity contribution in [2.75, 3.05) is 11.0 Å². The number of anilines is 1. The van der Waals surface area contributed by atoms with Crippen molar-refractivity contribution < 1.29 is 16.8 Å². The highest BCUT2D eigenvalue weighted by Crippen LogP contribution is 2.25. The summed E-state index contributed by atoms with van der Waals surface area (Å²) < 4.78 is 50.0. The SMILES string of the molecule is CS(=O)(=O)c1ccccc1S(=O)(=O)Nc1cccs1. The van der Waals surface area contributed by atoms with Crippen LogP contribution in [0.4, 0.5) is 5.00 Å². The number of hydrogen-bond acceptors (Lipinski definition) is 5. The van der Waals surface area contributed by atoms with E-state index in [9.17, 15) is 16.8 Å². The topological polar surface area (TPSA) is 80.3 Å². The lowest BCUT2D eigenvalue weighted by atomic mass is 10.4. The molecule has 0 saturated carbocycles. The zero-order valence-electron chi connectivity index (χ0n) is 9.90. The molecule has 0 amide bonds. The Morgan fingerprint density at radius 1 is 0.947 bits per heavy atom. The van der Waals surface area contributed by atoms with Gasteiger partial charge in [-0.15, -0.1) is 11.3 Å². The molecule has 0 spiro atoms. The number of rotatable bonds is 4. The Bertz CT molecular complexity index is 777. The molecule has 5 nitrogen and oxygen atoms in total. The number of benzene rings is 1. The molecule has 2 aromatic rings. The van der Waals surface area contributed by atoms with Crippen LogP contribution in [0.5, 0.6) is 0 Å². The third-order valence-corrected chi connectivity index (χ3v) is 5.92. The Labute approximate surface area is 115 Å². The van der Waals surface area contributed by atoms with Crippen molar-refractivity contribution >= 4 is 36.2 Å². The molecule has 19 heavy (non-hydrogen) atoms. The highest BCUT2D eigenvalue weighted by Gasteiger charge is 2.23. The molecule has 1 aromatic heterocycles. The van der Waals surface area contributed by atoms with Gasteiger partial charge in [-0.25, -0.2) is 16.8 Å². The predicted molar refractivity (Wildman–Crippen MR) is 74.7 cm³/mol. The van der Waals surface area contributed by atoms with E-state index < -0.39 is 19.9 Å². The number of thiophene rings is 1. The zero-order chi connectivity index (χ0) is 14.1. The molecule has 0 atom stereocenters. The van der Waals surface area contributed by atoms with Crippen LogP contribution >= 0.6 is 11.3 Å². The van der Waals surface area contributed by atoms with Gasteiger partial charge in [0, 0.05) is 6.26 Å². The van der Waals surface area contributed by atoms with Crippen molar-refractivity contribution in [2.45, 2.75) is 9.79 Å². The summed E-state index contributed by atoms with van der Waals surface area (Å²) in [6.45, 7) is 0. The van der Waals surface area contributed by atoms with Crippen LogP contribution in [0.2, 0.25) is 0 Å². The summed E-state index contributed by atoms with van der Waals surface area (Å²) in [4.78, 5) is -0.454. The molecular formula is C11H11NO4S3. The highest BCUT2D eigenvalue weighted by molar-refractivity contribution is 7.95. The van der Waals surface area contributed by atoms with Gasteiger partial charge in [0.05, 0.1) is 4.90 Å². The number of hydrogen-bond donors (Lipinski definition) is 1. The number of sulfone groups is 1. The van der Waals surface area contributed by atoms with Crippen LogP contribution in [-0.4, -0.2) is 23.1 Å². The Hall–Kier alpha value is -1.38. The van der Waals surface area contributed by atoms with E-state index in [2.05, 4.69) is 4.72 Å². The molecule has 0 unspecified atom stereocenters. The Kier molecular flexibility index (Phi) is 3.66. The molecule has 2 rings (SSSR count). The number of nitrogens with one attached hydrogen (secondary N) is 1. The second-order valence-corrected chi connectivity index (χ2v) is 8.38. The van der Waals surface area contributed by atoms with Gasteiger partial charge < -0.3 is 0 Å². The molecular weight excluding hydrogens is 306 g/mol. The normalized spacial score (nSPS) is 12.3. The third kappa shape index (κ3) is 3.14. The van der Waals surface area contributed by atoms with Crippen LogP contribution in [0.25, 0.3) is 0 Å². The van der Waals surface area contributed by atoms with E-state index in [0.717, 1.165) is 6.26 Å². The Balaban J connectivity index is 2.53. The van der Waals surface area contributed by atoms with Crippen LogP contribution in [-0.2, 0) is 19.9 Å². The van der Waals surface area contributed by atoms with Gasteiger partial charge in [-0.05, 0) is 29.6 Å². The standard InChI is InChI=1S/C11H11NO4S3/c1-18(13,14)9-5-2-3-6-10(9)19(15,16)12-11-7-4-8-17-11/h2-8,12H,1H3.